The molecule has 1 N–H and O–H groups in total. The molecule has 0 saturated carbocycles. The molecule has 0 radical (unpaired) electrons. The monoisotopic (exact) mass is 238 g/mol. The first-order valence-corrected chi connectivity index (χ1v) is 6.05. The average Bonchev–Trinajstić information content (AvgIpc) is 2.34. The summed E-state index contributed by atoms with van der Waals surface area (Å²) < 4.78 is 11.1. The summed E-state index contributed by atoms with van der Waals surface area (Å²) in [6.45, 7) is 6.56. The zero-order chi connectivity index (χ0) is 12.7. The van der Waals surface area contributed by atoms with Gasteiger partial charge in [-0.1, -0.05) is 30.3 Å². The third-order valence-corrected chi connectivity index (χ3v) is 2.47. The van der Waals surface area contributed by atoms with Gasteiger partial charge in [0.1, 0.15) is 0 Å². The van der Waals surface area contributed by atoms with E-state index < -0.39 is 6.10 Å². The van der Waals surface area contributed by atoms with Crippen LogP contribution in [0.5, 0.6) is 0 Å². The van der Waals surface area contributed by atoms with E-state index in [9.17, 15) is 0 Å². The largest absolute Gasteiger partial charge is 0.391 e. The number of hydrogen-bond acceptors (Lipinski definition) is 3. The molecule has 0 heterocycles. The van der Waals surface area contributed by atoms with Gasteiger partial charge in [0, 0.05) is 0 Å². The van der Waals surface area contributed by atoms with E-state index in [1.54, 1.807) is 6.92 Å². The lowest BCUT2D eigenvalue weighted by Crippen LogP contribution is -2.22. The predicted molar refractivity (Wildman–Crippen MR) is 67.9 cm³/mol. The van der Waals surface area contributed by atoms with Crippen LogP contribution in [0.15, 0.2) is 30.3 Å². The van der Waals surface area contributed by atoms with Gasteiger partial charge in [0.25, 0.3) is 0 Å². The van der Waals surface area contributed by atoms with Crippen LogP contribution < -0.4 is 0 Å². The van der Waals surface area contributed by atoms with Crippen molar-refractivity contribution < 1.29 is 14.6 Å². The number of benzene rings is 1. The Kier molecular flexibility index (Phi) is 6.19. The summed E-state index contributed by atoms with van der Waals surface area (Å²) in [5, 5.41) is 9.09. The summed E-state index contributed by atoms with van der Waals surface area (Å²) in [6, 6.07) is 10.1. The molecule has 3 atom stereocenters. The Labute approximate surface area is 103 Å². The van der Waals surface area contributed by atoms with Gasteiger partial charge in [-0.3, -0.25) is 0 Å². The molecule has 1 aromatic carbocycles. The molecular formula is C14H22O3. The molecule has 1 rings (SSSR count). The van der Waals surface area contributed by atoms with Gasteiger partial charge >= 0.3 is 0 Å². The zero-order valence-corrected chi connectivity index (χ0v) is 10.8. The molecule has 0 saturated heterocycles. The standard InChI is InChI=1S/C14H22O3/c1-11(15)9-16-12(2)10-17-13(3)14-7-5-4-6-8-14/h4-8,11-13,15H,9-10H2,1-3H3/t11-,12-,13+/m1/s1. The second-order valence-corrected chi connectivity index (χ2v) is 4.38. The summed E-state index contributed by atoms with van der Waals surface area (Å²) in [5.74, 6) is 0. The first kappa shape index (κ1) is 14.2. The van der Waals surface area contributed by atoms with E-state index in [2.05, 4.69) is 0 Å². The maximum Gasteiger partial charge on any atom is 0.0798 e. The van der Waals surface area contributed by atoms with Crippen molar-refractivity contribution in [1.82, 2.24) is 0 Å². The van der Waals surface area contributed by atoms with Crippen LogP contribution in [0.3, 0.4) is 0 Å². The van der Waals surface area contributed by atoms with Crippen LogP contribution in [0.2, 0.25) is 0 Å². The van der Waals surface area contributed by atoms with E-state index >= 15 is 0 Å². The highest BCUT2D eigenvalue weighted by Crippen LogP contribution is 2.16. The van der Waals surface area contributed by atoms with E-state index in [-0.39, 0.29) is 12.2 Å². The molecule has 0 aliphatic rings. The van der Waals surface area contributed by atoms with Crippen LogP contribution >= 0.6 is 0 Å². The summed E-state index contributed by atoms with van der Waals surface area (Å²) in [6.07, 6.45) is -0.367. The van der Waals surface area contributed by atoms with Gasteiger partial charge in [-0.25, -0.2) is 0 Å². The fourth-order valence-electron chi connectivity index (χ4n) is 1.45. The van der Waals surface area contributed by atoms with Crippen molar-refractivity contribution in [2.24, 2.45) is 0 Å². The molecule has 0 unspecified atom stereocenters. The van der Waals surface area contributed by atoms with Crippen LogP contribution in [0.25, 0.3) is 0 Å². The Bertz CT molecular complexity index is 298. The van der Waals surface area contributed by atoms with Gasteiger partial charge in [0.05, 0.1) is 31.5 Å². The molecule has 0 aromatic heterocycles. The molecule has 0 bridgehead atoms. The highest BCUT2D eigenvalue weighted by atomic mass is 16.5. The van der Waals surface area contributed by atoms with E-state index in [1.165, 1.54) is 0 Å². The molecule has 0 fully saturated rings. The number of ether oxygens (including phenoxy) is 2. The first-order valence-electron chi connectivity index (χ1n) is 6.05. The Hall–Kier alpha value is -0.900. The Morgan fingerprint density at radius 3 is 2.24 bits per heavy atom. The van der Waals surface area contributed by atoms with Crippen molar-refractivity contribution in [3.8, 4) is 0 Å². The molecule has 0 aliphatic carbocycles. The summed E-state index contributed by atoms with van der Waals surface area (Å²) >= 11 is 0. The minimum absolute atomic E-state index is 0.00392. The number of rotatable bonds is 7. The molecule has 3 nitrogen and oxygen atoms in total. The van der Waals surface area contributed by atoms with Crippen molar-refractivity contribution in [3.63, 3.8) is 0 Å². The van der Waals surface area contributed by atoms with Crippen LogP contribution in [0, 0.1) is 0 Å². The van der Waals surface area contributed by atoms with Crippen molar-refractivity contribution in [2.75, 3.05) is 13.2 Å². The molecule has 0 amide bonds. The maximum atomic E-state index is 9.09. The van der Waals surface area contributed by atoms with Gasteiger partial charge in [-0.2, -0.15) is 0 Å². The van der Waals surface area contributed by atoms with Gasteiger partial charge < -0.3 is 14.6 Å². The lowest BCUT2D eigenvalue weighted by atomic mass is 10.1. The Balaban J connectivity index is 2.26. The van der Waals surface area contributed by atoms with Crippen LogP contribution in [0.4, 0.5) is 0 Å². The second kappa shape index (κ2) is 7.43. The predicted octanol–water partition coefficient (Wildman–Crippen LogP) is 2.55. The lowest BCUT2D eigenvalue weighted by Gasteiger charge is -2.18. The average molecular weight is 238 g/mol. The van der Waals surface area contributed by atoms with Crippen molar-refractivity contribution in [1.29, 1.82) is 0 Å². The fraction of sp³-hybridized carbons (Fsp3) is 0.571. The maximum absolute atomic E-state index is 9.09. The molecule has 0 aliphatic heterocycles. The van der Waals surface area contributed by atoms with E-state index in [0.29, 0.717) is 13.2 Å². The van der Waals surface area contributed by atoms with Crippen LogP contribution in [-0.2, 0) is 9.47 Å². The van der Waals surface area contributed by atoms with Gasteiger partial charge in [-0.15, -0.1) is 0 Å². The third kappa shape index (κ3) is 5.82. The number of aliphatic hydroxyl groups is 1. The minimum Gasteiger partial charge on any atom is -0.391 e. The summed E-state index contributed by atoms with van der Waals surface area (Å²) in [4.78, 5) is 0. The van der Waals surface area contributed by atoms with E-state index in [1.807, 2.05) is 44.2 Å². The highest BCUT2D eigenvalue weighted by Gasteiger charge is 2.09. The summed E-state index contributed by atoms with van der Waals surface area (Å²) in [5.41, 5.74) is 1.16. The Morgan fingerprint density at radius 2 is 1.65 bits per heavy atom. The van der Waals surface area contributed by atoms with Gasteiger partial charge in [-0.05, 0) is 26.3 Å². The van der Waals surface area contributed by atoms with E-state index in [4.69, 9.17) is 14.6 Å². The Morgan fingerprint density at radius 1 is 1.00 bits per heavy atom. The van der Waals surface area contributed by atoms with Crippen LogP contribution in [-0.4, -0.2) is 30.5 Å². The first-order chi connectivity index (χ1) is 8.09. The normalized spacial score (nSPS) is 16.5. The molecule has 0 spiro atoms. The molecule has 1 aromatic rings. The van der Waals surface area contributed by atoms with Crippen molar-refractivity contribution in [3.05, 3.63) is 35.9 Å². The third-order valence-electron chi connectivity index (χ3n) is 2.47. The smallest absolute Gasteiger partial charge is 0.0798 e. The fourth-order valence-corrected chi connectivity index (χ4v) is 1.45. The second-order valence-electron chi connectivity index (χ2n) is 4.38. The zero-order valence-electron chi connectivity index (χ0n) is 10.8. The molecule has 3 heteroatoms. The molecule has 96 valence electrons. The van der Waals surface area contributed by atoms with Gasteiger partial charge in [0.15, 0.2) is 0 Å². The highest BCUT2D eigenvalue weighted by molar-refractivity contribution is 5.16. The van der Waals surface area contributed by atoms with E-state index in [0.717, 1.165) is 5.56 Å². The molecular weight excluding hydrogens is 216 g/mol. The topological polar surface area (TPSA) is 38.7 Å². The molecule has 17 heavy (non-hydrogen) atoms. The minimum atomic E-state index is -0.427. The number of hydrogen-bond donors (Lipinski definition) is 1. The van der Waals surface area contributed by atoms with Crippen molar-refractivity contribution >= 4 is 0 Å². The van der Waals surface area contributed by atoms with Crippen LogP contribution in [0.1, 0.15) is 32.4 Å². The quantitative estimate of drug-likeness (QED) is 0.793. The number of aliphatic hydroxyl groups excluding tert-OH is 1. The SMILES string of the molecule is C[C@H](CO[C@@H](C)c1ccccc1)OC[C@@H](C)O. The van der Waals surface area contributed by atoms with Gasteiger partial charge in [0.2, 0.25) is 0 Å². The van der Waals surface area contributed by atoms with Crippen molar-refractivity contribution in [2.45, 2.75) is 39.1 Å². The summed E-state index contributed by atoms with van der Waals surface area (Å²) in [7, 11) is 0. The lowest BCUT2D eigenvalue weighted by molar-refractivity contribution is -0.0535.